The number of rotatable bonds is 4. The van der Waals surface area contributed by atoms with Gasteiger partial charge in [-0.15, -0.1) is 10.2 Å². The lowest BCUT2D eigenvalue weighted by atomic mass is 10.2. The van der Waals surface area contributed by atoms with Crippen LogP contribution in [0.15, 0.2) is 36.4 Å². The maximum Gasteiger partial charge on any atom is 0.272 e. The van der Waals surface area contributed by atoms with Crippen molar-refractivity contribution in [1.29, 1.82) is 0 Å². The summed E-state index contributed by atoms with van der Waals surface area (Å²) in [6.07, 6.45) is 2.14. The number of benzene rings is 1. The van der Waals surface area contributed by atoms with Gasteiger partial charge in [0.05, 0.1) is 0 Å². The number of aromatic nitrogens is 2. The van der Waals surface area contributed by atoms with E-state index in [9.17, 15) is 4.79 Å². The van der Waals surface area contributed by atoms with Gasteiger partial charge in [0.15, 0.2) is 11.5 Å². The van der Waals surface area contributed by atoms with Crippen LogP contribution in [-0.2, 0) is 0 Å². The van der Waals surface area contributed by atoms with E-state index in [1.54, 1.807) is 6.07 Å². The van der Waals surface area contributed by atoms with Crippen molar-refractivity contribution in [3.63, 3.8) is 0 Å². The molecule has 1 aromatic carbocycles. The molecule has 0 unspecified atom stereocenters. The Morgan fingerprint density at radius 1 is 1.04 bits per heavy atom. The highest BCUT2D eigenvalue weighted by molar-refractivity contribution is 5.92. The summed E-state index contributed by atoms with van der Waals surface area (Å²) in [6, 6.07) is 12.6. The van der Waals surface area contributed by atoms with Crippen molar-refractivity contribution in [1.82, 2.24) is 15.5 Å². The topological polar surface area (TPSA) is 61.4 Å². The van der Waals surface area contributed by atoms with Gasteiger partial charge < -0.3 is 15.1 Å². The molecule has 1 saturated heterocycles. The number of hydrogen-bond acceptors (Lipinski definition) is 5. The molecule has 1 amide bonds. The van der Waals surface area contributed by atoms with Gasteiger partial charge in [-0.25, -0.2) is 0 Å². The van der Waals surface area contributed by atoms with Crippen LogP contribution in [0.4, 0.5) is 11.5 Å². The fourth-order valence-electron chi connectivity index (χ4n) is 3.12. The van der Waals surface area contributed by atoms with Crippen LogP contribution in [-0.4, -0.2) is 48.3 Å². The number of aryl methyl sites for hydroxylation is 1. The summed E-state index contributed by atoms with van der Waals surface area (Å²) in [6.45, 7) is 5.83. The molecule has 0 radical (unpaired) electrons. The predicted octanol–water partition coefficient (Wildman–Crippen LogP) is 2.00. The highest BCUT2D eigenvalue weighted by Gasteiger charge is 2.25. The third-order valence-electron chi connectivity index (χ3n) is 4.77. The van der Waals surface area contributed by atoms with Crippen LogP contribution in [0.5, 0.6) is 0 Å². The van der Waals surface area contributed by atoms with Crippen LogP contribution in [0.2, 0.25) is 0 Å². The summed E-state index contributed by atoms with van der Waals surface area (Å²) in [5.41, 5.74) is 2.96. The molecule has 1 aromatic heterocycles. The Balaban J connectivity index is 1.36. The lowest BCUT2D eigenvalue weighted by molar-refractivity contribution is 0.0945. The summed E-state index contributed by atoms with van der Waals surface area (Å²) in [5.74, 6) is 0.720. The van der Waals surface area contributed by atoms with Gasteiger partial charge in [0.25, 0.3) is 5.91 Å². The molecule has 2 aliphatic rings. The number of piperazine rings is 1. The van der Waals surface area contributed by atoms with Gasteiger partial charge in [0, 0.05) is 37.9 Å². The first-order chi connectivity index (χ1) is 12.2. The molecule has 25 heavy (non-hydrogen) atoms. The van der Waals surface area contributed by atoms with E-state index in [1.807, 2.05) is 6.07 Å². The SMILES string of the molecule is Cc1cccc(N2CCN(c3ccc(C(=O)NC4CC4)nn3)CC2)c1. The number of nitrogens with one attached hydrogen (secondary N) is 1. The monoisotopic (exact) mass is 337 g/mol. The number of anilines is 2. The highest BCUT2D eigenvalue weighted by Crippen LogP contribution is 2.21. The normalized spacial score (nSPS) is 17.5. The summed E-state index contributed by atoms with van der Waals surface area (Å²) < 4.78 is 0. The van der Waals surface area contributed by atoms with Crippen molar-refractivity contribution in [2.45, 2.75) is 25.8 Å². The van der Waals surface area contributed by atoms with Crippen molar-refractivity contribution < 1.29 is 4.79 Å². The van der Waals surface area contributed by atoms with Gasteiger partial charge in [-0.2, -0.15) is 0 Å². The Morgan fingerprint density at radius 3 is 2.44 bits per heavy atom. The van der Waals surface area contributed by atoms with Crippen LogP contribution in [0.1, 0.15) is 28.9 Å². The van der Waals surface area contributed by atoms with Crippen molar-refractivity contribution >= 4 is 17.4 Å². The van der Waals surface area contributed by atoms with Crippen LogP contribution in [0.3, 0.4) is 0 Å². The minimum atomic E-state index is -0.120. The second-order valence-electron chi connectivity index (χ2n) is 6.84. The van der Waals surface area contributed by atoms with Gasteiger partial charge >= 0.3 is 0 Å². The quantitative estimate of drug-likeness (QED) is 0.925. The minimum Gasteiger partial charge on any atom is -0.368 e. The Bertz CT molecular complexity index is 749. The molecule has 130 valence electrons. The Kier molecular flexibility index (Phi) is 4.26. The molecule has 1 N–H and O–H groups in total. The van der Waals surface area contributed by atoms with E-state index in [1.165, 1.54) is 11.3 Å². The molecule has 0 bridgehead atoms. The van der Waals surface area contributed by atoms with Gasteiger partial charge in [-0.05, 0) is 49.6 Å². The summed E-state index contributed by atoms with van der Waals surface area (Å²) >= 11 is 0. The van der Waals surface area contributed by atoms with Crippen molar-refractivity contribution in [3.8, 4) is 0 Å². The zero-order chi connectivity index (χ0) is 17.2. The Hall–Kier alpha value is -2.63. The molecule has 1 saturated carbocycles. The minimum absolute atomic E-state index is 0.120. The number of nitrogens with zero attached hydrogens (tertiary/aromatic N) is 4. The smallest absolute Gasteiger partial charge is 0.272 e. The van der Waals surface area contributed by atoms with Gasteiger partial charge in [-0.3, -0.25) is 4.79 Å². The van der Waals surface area contributed by atoms with Crippen molar-refractivity contribution in [2.24, 2.45) is 0 Å². The Morgan fingerprint density at radius 2 is 1.80 bits per heavy atom. The predicted molar refractivity (Wildman–Crippen MR) is 98.1 cm³/mol. The molecule has 4 rings (SSSR count). The lowest BCUT2D eigenvalue weighted by Crippen LogP contribution is -2.47. The second kappa shape index (κ2) is 6.70. The van der Waals surface area contributed by atoms with Gasteiger partial charge in [-0.1, -0.05) is 12.1 Å². The van der Waals surface area contributed by atoms with Crippen LogP contribution >= 0.6 is 0 Å². The van der Waals surface area contributed by atoms with E-state index >= 15 is 0 Å². The van der Waals surface area contributed by atoms with Gasteiger partial charge in [0.1, 0.15) is 0 Å². The number of amides is 1. The molecular formula is C19H23N5O. The average Bonchev–Trinajstić information content (AvgIpc) is 3.46. The maximum absolute atomic E-state index is 12.0. The molecule has 6 nitrogen and oxygen atoms in total. The molecule has 1 aliphatic carbocycles. The summed E-state index contributed by atoms with van der Waals surface area (Å²) in [4.78, 5) is 16.6. The molecular weight excluding hydrogens is 314 g/mol. The van der Waals surface area contributed by atoms with Gasteiger partial charge in [0.2, 0.25) is 0 Å². The third kappa shape index (κ3) is 3.73. The number of hydrogen-bond donors (Lipinski definition) is 1. The largest absolute Gasteiger partial charge is 0.368 e. The molecule has 2 fully saturated rings. The molecule has 0 atom stereocenters. The van der Waals surface area contributed by atoms with E-state index < -0.39 is 0 Å². The average molecular weight is 337 g/mol. The molecule has 1 aliphatic heterocycles. The molecule has 2 aromatic rings. The summed E-state index contributed by atoms with van der Waals surface area (Å²) in [5, 5.41) is 11.3. The molecule has 0 spiro atoms. The molecule has 6 heteroatoms. The second-order valence-corrected chi connectivity index (χ2v) is 6.84. The standard InChI is InChI=1S/C19H23N5O/c1-14-3-2-4-16(13-14)23-9-11-24(12-10-23)18-8-7-17(21-22-18)19(25)20-15-5-6-15/h2-4,7-8,13,15H,5-6,9-12H2,1H3,(H,20,25). The Labute approximate surface area is 147 Å². The molecule has 2 heterocycles. The van der Waals surface area contributed by atoms with E-state index in [0.717, 1.165) is 44.8 Å². The maximum atomic E-state index is 12.0. The summed E-state index contributed by atoms with van der Waals surface area (Å²) in [7, 11) is 0. The number of carbonyl (C=O) groups excluding carboxylic acids is 1. The van der Waals surface area contributed by atoms with E-state index in [-0.39, 0.29) is 5.91 Å². The van der Waals surface area contributed by atoms with E-state index in [4.69, 9.17) is 0 Å². The van der Waals surface area contributed by atoms with Crippen molar-refractivity contribution in [2.75, 3.05) is 36.0 Å². The zero-order valence-electron chi connectivity index (χ0n) is 14.5. The fraction of sp³-hybridized carbons (Fsp3) is 0.421. The first-order valence-electron chi connectivity index (χ1n) is 8.90. The first-order valence-corrected chi connectivity index (χ1v) is 8.90. The van der Waals surface area contributed by atoms with Crippen molar-refractivity contribution in [3.05, 3.63) is 47.7 Å². The lowest BCUT2D eigenvalue weighted by Gasteiger charge is -2.36. The van der Waals surface area contributed by atoms with Crippen LogP contribution in [0.25, 0.3) is 0 Å². The zero-order valence-corrected chi connectivity index (χ0v) is 14.5. The fourth-order valence-corrected chi connectivity index (χ4v) is 3.12. The third-order valence-corrected chi connectivity index (χ3v) is 4.77. The van der Waals surface area contributed by atoms with E-state index in [2.05, 4.69) is 56.5 Å². The number of carbonyl (C=O) groups is 1. The van der Waals surface area contributed by atoms with E-state index in [0.29, 0.717) is 11.7 Å². The first kappa shape index (κ1) is 15.9. The highest BCUT2D eigenvalue weighted by atomic mass is 16.2. The van der Waals surface area contributed by atoms with Crippen LogP contribution in [0, 0.1) is 6.92 Å². The van der Waals surface area contributed by atoms with Crippen LogP contribution < -0.4 is 15.1 Å².